The second kappa shape index (κ2) is 11.4. The molecule has 2 aromatic rings. The van der Waals surface area contributed by atoms with E-state index >= 15 is 0 Å². The molecule has 0 radical (unpaired) electrons. The molecule has 1 fully saturated rings. The molecule has 2 atom stereocenters. The van der Waals surface area contributed by atoms with E-state index in [0.29, 0.717) is 25.1 Å². The summed E-state index contributed by atoms with van der Waals surface area (Å²) >= 11 is 0. The zero-order valence-electron chi connectivity index (χ0n) is 20.8. The van der Waals surface area contributed by atoms with Gasteiger partial charge < -0.3 is 19.5 Å². The highest BCUT2D eigenvalue weighted by molar-refractivity contribution is 5.87. The lowest BCUT2D eigenvalue weighted by molar-refractivity contribution is -0.160. The molecule has 1 heterocycles. The number of likely N-dealkylation sites (tertiary alicyclic amines) is 1. The van der Waals surface area contributed by atoms with Crippen molar-refractivity contribution in [2.24, 2.45) is 0 Å². The van der Waals surface area contributed by atoms with Crippen LogP contribution >= 0.6 is 0 Å². The van der Waals surface area contributed by atoms with Crippen LogP contribution in [0.4, 0.5) is 0 Å². The molecule has 1 saturated heterocycles. The van der Waals surface area contributed by atoms with Crippen LogP contribution in [0.3, 0.4) is 0 Å². The maximum atomic E-state index is 13.8. The molecule has 0 saturated carbocycles. The number of nitrogens with zero attached hydrogens (tertiary/aromatic N) is 2. The lowest BCUT2D eigenvalue weighted by atomic mass is 10.1. The molecule has 8 heteroatoms. The number of hydrogen-bond acceptors (Lipinski definition) is 6. The van der Waals surface area contributed by atoms with Gasteiger partial charge in [-0.3, -0.25) is 19.3 Å². The number of benzene rings is 2. The van der Waals surface area contributed by atoms with Crippen molar-refractivity contribution in [2.45, 2.75) is 64.4 Å². The number of carbonyl (C=O) groups is 3. The summed E-state index contributed by atoms with van der Waals surface area (Å²) in [6.07, 6.45) is 0.761. The standard InChI is InChI=1S/C27H34N2O6/c1-27(2,3)35-24(30)18-28(16-20-10-12-21(34-4)13-11-20)25(31)22-14-15-23(26(32)33)29(22)17-19-8-6-5-7-9-19/h5-13,22-23H,14-18H2,1-4H3,(H,32,33)/t22-,23+/m0/s1. The minimum atomic E-state index is -0.954. The fraction of sp³-hybridized carbons (Fsp3) is 0.444. The Balaban J connectivity index is 1.86. The highest BCUT2D eigenvalue weighted by atomic mass is 16.6. The molecule has 0 aliphatic carbocycles. The third kappa shape index (κ3) is 7.29. The van der Waals surface area contributed by atoms with Crippen molar-refractivity contribution < 1.29 is 29.0 Å². The number of hydrogen-bond donors (Lipinski definition) is 1. The zero-order chi connectivity index (χ0) is 25.6. The number of esters is 1. The Kier molecular flexibility index (Phi) is 8.51. The average Bonchev–Trinajstić information content (AvgIpc) is 3.22. The Bertz CT molecular complexity index is 1020. The Morgan fingerprint density at radius 2 is 1.60 bits per heavy atom. The van der Waals surface area contributed by atoms with Crippen molar-refractivity contribution in [1.29, 1.82) is 0 Å². The number of rotatable bonds is 9. The van der Waals surface area contributed by atoms with Crippen LogP contribution in [0.5, 0.6) is 5.75 Å². The SMILES string of the molecule is COc1ccc(CN(CC(=O)OC(C)(C)C)C(=O)[C@@H]2CC[C@H](C(=O)O)N2Cc2ccccc2)cc1. The van der Waals surface area contributed by atoms with Crippen molar-refractivity contribution in [3.05, 3.63) is 65.7 Å². The number of amides is 1. The van der Waals surface area contributed by atoms with E-state index in [1.54, 1.807) is 44.9 Å². The average molecular weight is 483 g/mol. The van der Waals surface area contributed by atoms with E-state index in [1.165, 1.54) is 4.90 Å². The normalized spacial score (nSPS) is 18.2. The molecule has 1 aliphatic heterocycles. The van der Waals surface area contributed by atoms with Crippen molar-refractivity contribution in [2.75, 3.05) is 13.7 Å². The second-order valence-corrected chi connectivity index (χ2v) is 9.73. The molecular weight excluding hydrogens is 448 g/mol. The van der Waals surface area contributed by atoms with Crippen LogP contribution in [-0.2, 0) is 32.2 Å². The maximum absolute atomic E-state index is 13.8. The summed E-state index contributed by atoms with van der Waals surface area (Å²) in [7, 11) is 1.58. The molecule has 1 N–H and O–H groups in total. The summed E-state index contributed by atoms with van der Waals surface area (Å²) in [6.45, 7) is 5.62. The number of ether oxygens (including phenoxy) is 2. The van der Waals surface area contributed by atoms with Gasteiger partial charge in [0.05, 0.1) is 13.2 Å². The molecule has 3 rings (SSSR count). The summed E-state index contributed by atoms with van der Waals surface area (Å²) in [5.74, 6) is -1.06. The molecule has 1 aliphatic rings. The van der Waals surface area contributed by atoms with Gasteiger partial charge in [-0.25, -0.2) is 0 Å². The van der Waals surface area contributed by atoms with E-state index in [1.807, 2.05) is 42.5 Å². The first kappa shape index (κ1) is 26.2. The first-order valence-corrected chi connectivity index (χ1v) is 11.7. The third-order valence-corrected chi connectivity index (χ3v) is 5.88. The molecule has 0 spiro atoms. The van der Waals surface area contributed by atoms with E-state index in [-0.39, 0.29) is 19.0 Å². The number of aliphatic carboxylic acids is 1. The minimum absolute atomic E-state index is 0.190. The molecule has 0 aromatic heterocycles. The molecule has 35 heavy (non-hydrogen) atoms. The van der Waals surface area contributed by atoms with Crippen LogP contribution in [0.15, 0.2) is 54.6 Å². The predicted molar refractivity (Wildman–Crippen MR) is 131 cm³/mol. The van der Waals surface area contributed by atoms with Gasteiger partial charge in [0.15, 0.2) is 0 Å². The summed E-state index contributed by atoms with van der Waals surface area (Å²) in [4.78, 5) is 41.6. The molecule has 188 valence electrons. The molecule has 0 bridgehead atoms. The van der Waals surface area contributed by atoms with E-state index in [4.69, 9.17) is 9.47 Å². The number of carboxylic acids is 1. The van der Waals surface area contributed by atoms with Gasteiger partial charge in [-0.05, 0) is 56.9 Å². The van der Waals surface area contributed by atoms with E-state index in [0.717, 1.165) is 11.1 Å². The largest absolute Gasteiger partial charge is 0.497 e. The van der Waals surface area contributed by atoms with Crippen LogP contribution in [0.2, 0.25) is 0 Å². The lowest BCUT2D eigenvalue weighted by Crippen LogP contribution is -2.50. The fourth-order valence-electron chi connectivity index (χ4n) is 4.31. The van der Waals surface area contributed by atoms with Gasteiger partial charge in [-0.2, -0.15) is 0 Å². The van der Waals surface area contributed by atoms with Gasteiger partial charge in [0.25, 0.3) is 0 Å². The van der Waals surface area contributed by atoms with Gasteiger partial charge in [-0.15, -0.1) is 0 Å². The predicted octanol–water partition coefficient (Wildman–Crippen LogP) is 3.48. The van der Waals surface area contributed by atoms with Gasteiger partial charge >= 0.3 is 11.9 Å². The highest BCUT2D eigenvalue weighted by Gasteiger charge is 2.43. The fourth-order valence-corrected chi connectivity index (χ4v) is 4.31. The summed E-state index contributed by atoms with van der Waals surface area (Å²) in [6, 6.07) is 15.3. The first-order valence-electron chi connectivity index (χ1n) is 11.7. The maximum Gasteiger partial charge on any atom is 0.326 e. The number of carbonyl (C=O) groups excluding carboxylic acids is 2. The molecule has 0 unspecified atom stereocenters. The summed E-state index contributed by atoms with van der Waals surface area (Å²) in [5.41, 5.74) is 1.06. The Labute approximate surface area is 206 Å². The molecule has 1 amide bonds. The minimum Gasteiger partial charge on any atom is -0.497 e. The monoisotopic (exact) mass is 482 g/mol. The Hall–Kier alpha value is -3.39. The van der Waals surface area contributed by atoms with Crippen molar-refractivity contribution in [1.82, 2.24) is 9.80 Å². The quantitative estimate of drug-likeness (QED) is 0.547. The Morgan fingerprint density at radius 3 is 2.17 bits per heavy atom. The van der Waals surface area contributed by atoms with Gasteiger partial charge in [0.2, 0.25) is 5.91 Å². The lowest BCUT2D eigenvalue weighted by Gasteiger charge is -2.32. The summed E-state index contributed by atoms with van der Waals surface area (Å²) in [5, 5.41) is 9.80. The number of methoxy groups -OCH3 is 1. The van der Waals surface area contributed by atoms with Gasteiger partial charge in [0, 0.05) is 13.1 Å². The Morgan fingerprint density at radius 1 is 0.971 bits per heavy atom. The van der Waals surface area contributed by atoms with E-state index in [9.17, 15) is 19.5 Å². The van der Waals surface area contributed by atoms with Gasteiger partial charge in [-0.1, -0.05) is 42.5 Å². The number of carboxylic acid groups (broad SMARTS) is 1. The zero-order valence-corrected chi connectivity index (χ0v) is 20.8. The topological polar surface area (TPSA) is 96.4 Å². The van der Waals surface area contributed by atoms with Crippen molar-refractivity contribution in [3.63, 3.8) is 0 Å². The van der Waals surface area contributed by atoms with Crippen LogP contribution in [-0.4, -0.2) is 64.1 Å². The molecule has 2 aromatic carbocycles. The van der Waals surface area contributed by atoms with Crippen LogP contribution < -0.4 is 4.74 Å². The van der Waals surface area contributed by atoms with Crippen LogP contribution in [0.1, 0.15) is 44.7 Å². The second-order valence-electron chi connectivity index (χ2n) is 9.73. The van der Waals surface area contributed by atoms with Crippen LogP contribution in [0, 0.1) is 0 Å². The molecular formula is C27H34N2O6. The van der Waals surface area contributed by atoms with Crippen LogP contribution in [0.25, 0.3) is 0 Å². The third-order valence-electron chi connectivity index (χ3n) is 5.88. The van der Waals surface area contributed by atoms with Crippen molar-refractivity contribution >= 4 is 17.8 Å². The molecule has 8 nitrogen and oxygen atoms in total. The van der Waals surface area contributed by atoms with Gasteiger partial charge in [0.1, 0.15) is 23.9 Å². The summed E-state index contributed by atoms with van der Waals surface area (Å²) < 4.78 is 10.7. The van der Waals surface area contributed by atoms with E-state index in [2.05, 4.69) is 0 Å². The smallest absolute Gasteiger partial charge is 0.326 e. The first-order chi connectivity index (χ1) is 16.6. The highest BCUT2D eigenvalue weighted by Crippen LogP contribution is 2.29. The van der Waals surface area contributed by atoms with E-state index < -0.39 is 29.6 Å². The van der Waals surface area contributed by atoms with Crippen molar-refractivity contribution in [3.8, 4) is 5.75 Å².